The molecule has 8 heteroatoms. The lowest BCUT2D eigenvalue weighted by atomic mass is 10.2. The highest BCUT2D eigenvalue weighted by Gasteiger charge is 2.16. The van der Waals surface area contributed by atoms with Gasteiger partial charge < -0.3 is 0 Å². The minimum atomic E-state index is -3.49. The minimum Gasteiger partial charge on any atom is -0.206 e. The summed E-state index contributed by atoms with van der Waals surface area (Å²) in [4.78, 5) is 0.974. The monoisotopic (exact) mass is 375 g/mol. The molecular formula is C13H10ClNO2S4. The lowest BCUT2D eigenvalue weighted by Crippen LogP contribution is -2.21. The quantitative estimate of drug-likeness (QED) is 0.704. The molecule has 0 fully saturated rings. The van der Waals surface area contributed by atoms with Crippen LogP contribution in [0, 0.1) is 0 Å². The maximum atomic E-state index is 12.1. The summed E-state index contributed by atoms with van der Waals surface area (Å²) in [7, 11) is -3.49. The normalized spacial score (nSPS) is 11.9. The molecule has 0 aliphatic carbocycles. The van der Waals surface area contributed by atoms with Crippen molar-refractivity contribution in [2.24, 2.45) is 0 Å². The SMILES string of the molecule is O=S(=O)(NCc1cc(-c2ccsc2)cs1)c1ccc(Cl)s1. The van der Waals surface area contributed by atoms with E-state index in [0.29, 0.717) is 4.34 Å². The van der Waals surface area contributed by atoms with Gasteiger partial charge in [-0.1, -0.05) is 11.6 Å². The Morgan fingerprint density at radius 1 is 1.14 bits per heavy atom. The van der Waals surface area contributed by atoms with E-state index in [9.17, 15) is 8.42 Å². The molecule has 110 valence electrons. The van der Waals surface area contributed by atoms with Gasteiger partial charge >= 0.3 is 0 Å². The van der Waals surface area contributed by atoms with Crippen LogP contribution in [0.15, 0.2) is 44.6 Å². The van der Waals surface area contributed by atoms with Gasteiger partial charge in [-0.3, -0.25) is 0 Å². The lowest BCUT2D eigenvalue weighted by molar-refractivity contribution is 0.584. The van der Waals surface area contributed by atoms with Crippen LogP contribution in [-0.4, -0.2) is 8.42 Å². The predicted octanol–water partition coefficient (Wildman–Crippen LogP) is 4.67. The molecule has 3 heterocycles. The van der Waals surface area contributed by atoms with Gasteiger partial charge in [0.15, 0.2) is 0 Å². The summed E-state index contributed by atoms with van der Waals surface area (Å²) >= 11 is 10.0. The van der Waals surface area contributed by atoms with Crippen LogP contribution >= 0.6 is 45.6 Å². The lowest BCUT2D eigenvalue weighted by Gasteiger charge is -2.02. The van der Waals surface area contributed by atoms with Gasteiger partial charge in [0.1, 0.15) is 4.21 Å². The van der Waals surface area contributed by atoms with Gasteiger partial charge in [-0.05, 0) is 51.5 Å². The van der Waals surface area contributed by atoms with Crippen molar-refractivity contribution in [1.82, 2.24) is 4.72 Å². The third kappa shape index (κ3) is 3.56. The van der Waals surface area contributed by atoms with Crippen LogP contribution in [0.25, 0.3) is 11.1 Å². The maximum absolute atomic E-state index is 12.1. The summed E-state index contributed by atoms with van der Waals surface area (Å²) in [5.74, 6) is 0. The molecule has 0 saturated heterocycles. The van der Waals surface area contributed by atoms with E-state index in [4.69, 9.17) is 11.6 Å². The van der Waals surface area contributed by atoms with E-state index in [-0.39, 0.29) is 10.8 Å². The van der Waals surface area contributed by atoms with Crippen LogP contribution in [0.1, 0.15) is 4.88 Å². The van der Waals surface area contributed by atoms with Crippen LogP contribution in [0.4, 0.5) is 0 Å². The van der Waals surface area contributed by atoms with Crippen molar-refractivity contribution >= 4 is 55.6 Å². The number of sulfonamides is 1. The number of rotatable bonds is 5. The molecule has 21 heavy (non-hydrogen) atoms. The summed E-state index contributed by atoms with van der Waals surface area (Å²) in [6.45, 7) is 0.284. The van der Waals surface area contributed by atoms with Crippen molar-refractivity contribution in [3.63, 3.8) is 0 Å². The molecule has 3 aromatic rings. The molecule has 3 nitrogen and oxygen atoms in total. The van der Waals surface area contributed by atoms with Crippen LogP contribution in [0.2, 0.25) is 4.34 Å². The second-order valence-corrected chi connectivity index (χ2v) is 9.68. The first-order valence-electron chi connectivity index (χ1n) is 5.89. The average Bonchev–Trinajstić information content (AvgIpc) is 3.17. The fourth-order valence-corrected chi connectivity index (χ4v) is 5.86. The van der Waals surface area contributed by atoms with Crippen molar-refractivity contribution in [3.8, 4) is 11.1 Å². The highest BCUT2D eigenvalue weighted by molar-refractivity contribution is 7.91. The topological polar surface area (TPSA) is 46.2 Å². The van der Waals surface area contributed by atoms with Gasteiger partial charge in [0.2, 0.25) is 10.0 Å². The fraction of sp³-hybridized carbons (Fsp3) is 0.0769. The molecule has 0 unspecified atom stereocenters. The second kappa shape index (κ2) is 6.20. The number of thiophene rings is 3. The Bertz CT molecular complexity index is 833. The zero-order chi connectivity index (χ0) is 14.9. The molecular weight excluding hydrogens is 366 g/mol. The summed E-state index contributed by atoms with van der Waals surface area (Å²) in [5, 5.41) is 6.13. The molecule has 0 aromatic carbocycles. The largest absolute Gasteiger partial charge is 0.250 e. The fourth-order valence-electron chi connectivity index (χ4n) is 1.73. The Morgan fingerprint density at radius 3 is 2.67 bits per heavy atom. The molecule has 0 atom stereocenters. The van der Waals surface area contributed by atoms with Crippen LogP contribution in [0.3, 0.4) is 0 Å². The van der Waals surface area contributed by atoms with Crippen molar-refractivity contribution in [2.45, 2.75) is 10.8 Å². The summed E-state index contributed by atoms with van der Waals surface area (Å²) in [6, 6.07) is 7.16. The summed E-state index contributed by atoms with van der Waals surface area (Å²) in [5.41, 5.74) is 2.28. The smallest absolute Gasteiger partial charge is 0.206 e. The van der Waals surface area contributed by atoms with Crippen molar-refractivity contribution in [2.75, 3.05) is 0 Å². The van der Waals surface area contributed by atoms with Crippen LogP contribution in [0.5, 0.6) is 0 Å². The Morgan fingerprint density at radius 2 is 2.00 bits per heavy atom. The molecule has 0 aliphatic heterocycles. The number of nitrogens with one attached hydrogen (secondary N) is 1. The van der Waals surface area contributed by atoms with E-state index in [1.165, 1.54) is 6.07 Å². The van der Waals surface area contributed by atoms with Crippen molar-refractivity contribution in [3.05, 3.63) is 49.6 Å². The number of hydrogen-bond acceptors (Lipinski definition) is 5. The molecule has 3 aromatic heterocycles. The number of hydrogen-bond donors (Lipinski definition) is 1. The van der Waals surface area contributed by atoms with E-state index in [1.807, 2.05) is 22.9 Å². The highest BCUT2D eigenvalue weighted by atomic mass is 35.5. The first-order chi connectivity index (χ1) is 10.0. The van der Waals surface area contributed by atoms with Crippen LogP contribution in [-0.2, 0) is 16.6 Å². The third-order valence-corrected chi connectivity index (χ3v) is 7.50. The van der Waals surface area contributed by atoms with Gasteiger partial charge in [0.25, 0.3) is 0 Å². The van der Waals surface area contributed by atoms with Gasteiger partial charge in [-0.15, -0.1) is 22.7 Å². The summed E-state index contributed by atoms with van der Waals surface area (Å²) in [6.07, 6.45) is 0. The molecule has 0 saturated carbocycles. The number of halogens is 1. The maximum Gasteiger partial charge on any atom is 0.250 e. The molecule has 0 spiro atoms. The standard InChI is InChI=1S/C13H10ClNO2S4/c14-12-1-2-13(20-12)21(16,17)15-6-11-5-10(8-19-11)9-3-4-18-7-9/h1-5,7-8,15H,6H2. The first-order valence-corrected chi connectivity index (χ1v) is 10.4. The first kappa shape index (κ1) is 15.2. The van der Waals surface area contributed by atoms with Crippen molar-refractivity contribution < 1.29 is 8.42 Å². The van der Waals surface area contributed by atoms with Crippen LogP contribution < -0.4 is 4.72 Å². The predicted molar refractivity (Wildman–Crippen MR) is 91.0 cm³/mol. The average molecular weight is 376 g/mol. The van der Waals surface area contributed by atoms with E-state index in [2.05, 4.69) is 10.1 Å². The van der Waals surface area contributed by atoms with Gasteiger partial charge in [-0.2, -0.15) is 11.3 Å². The molecule has 0 bridgehead atoms. The van der Waals surface area contributed by atoms with Gasteiger partial charge in [0.05, 0.1) is 4.34 Å². The van der Waals surface area contributed by atoms with Crippen molar-refractivity contribution in [1.29, 1.82) is 0 Å². The Kier molecular flexibility index (Phi) is 4.49. The summed E-state index contributed by atoms with van der Waals surface area (Å²) < 4.78 is 27.5. The van der Waals surface area contributed by atoms with Gasteiger partial charge in [-0.25, -0.2) is 13.1 Å². The van der Waals surface area contributed by atoms with E-state index in [1.54, 1.807) is 28.7 Å². The van der Waals surface area contributed by atoms with E-state index in [0.717, 1.165) is 27.3 Å². The van der Waals surface area contributed by atoms with Gasteiger partial charge in [0, 0.05) is 11.4 Å². The van der Waals surface area contributed by atoms with E-state index < -0.39 is 10.0 Å². The Labute approximate surface area is 139 Å². The highest BCUT2D eigenvalue weighted by Crippen LogP contribution is 2.28. The molecule has 3 rings (SSSR count). The Balaban J connectivity index is 1.71. The zero-order valence-electron chi connectivity index (χ0n) is 10.6. The molecule has 1 N–H and O–H groups in total. The van der Waals surface area contributed by atoms with E-state index >= 15 is 0 Å². The molecule has 0 aliphatic rings. The zero-order valence-corrected chi connectivity index (χ0v) is 14.6. The second-order valence-electron chi connectivity index (χ2n) is 4.20. The molecule has 0 amide bonds. The molecule has 0 radical (unpaired) electrons. The Hall–Kier alpha value is -0.700. The minimum absolute atomic E-state index is 0.238. The third-order valence-electron chi connectivity index (χ3n) is 2.76.